The maximum Gasteiger partial charge on any atom is 0.248 e. The molecule has 0 radical (unpaired) electrons. The third-order valence-electron chi connectivity index (χ3n) is 3.19. The topological polar surface area (TPSA) is 12.5 Å². The lowest BCUT2D eigenvalue weighted by molar-refractivity contribution is -0.123. The molecule has 0 amide bonds. The molecule has 0 spiro atoms. The maximum atomic E-state index is 12.7. The Bertz CT molecular complexity index is 219. The van der Waals surface area contributed by atoms with Crippen molar-refractivity contribution in [2.75, 3.05) is 32.2 Å². The number of hydrogen-bond acceptors (Lipinski definition) is 2. The number of rotatable bonds is 3. The Morgan fingerprint density at radius 2 is 2.13 bits per heavy atom. The Balaban J connectivity index is 1.78. The SMILES string of the molecule is FC1(F)CC(CN2CCOCC2CCl)C1. The van der Waals surface area contributed by atoms with Crippen LogP contribution in [-0.4, -0.2) is 49.0 Å². The summed E-state index contributed by atoms with van der Waals surface area (Å²) in [6, 6.07) is 0.203. The molecule has 15 heavy (non-hydrogen) atoms. The van der Waals surface area contributed by atoms with Gasteiger partial charge in [-0.2, -0.15) is 0 Å². The molecular weight excluding hydrogens is 224 g/mol. The summed E-state index contributed by atoms with van der Waals surface area (Å²) in [5.41, 5.74) is 0. The summed E-state index contributed by atoms with van der Waals surface area (Å²) >= 11 is 5.81. The first kappa shape index (κ1) is 11.6. The Kier molecular flexibility index (Phi) is 3.48. The van der Waals surface area contributed by atoms with Crippen molar-refractivity contribution in [3.63, 3.8) is 0 Å². The Labute approximate surface area is 93.5 Å². The van der Waals surface area contributed by atoms with Crippen LogP contribution in [0.5, 0.6) is 0 Å². The van der Waals surface area contributed by atoms with E-state index in [1.54, 1.807) is 0 Å². The normalized spacial score (nSPS) is 32.6. The van der Waals surface area contributed by atoms with Gasteiger partial charge in [0.2, 0.25) is 5.92 Å². The van der Waals surface area contributed by atoms with Gasteiger partial charge in [0.1, 0.15) is 0 Å². The minimum atomic E-state index is -2.41. The second-order valence-corrected chi connectivity index (χ2v) is 4.82. The number of morpholine rings is 1. The molecule has 0 aromatic carbocycles. The molecular formula is C10H16ClF2NO. The van der Waals surface area contributed by atoms with Crippen LogP contribution in [0.2, 0.25) is 0 Å². The van der Waals surface area contributed by atoms with Gasteiger partial charge in [-0.1, -0.05) is 0 Å². The fraction of sp³-hybridized carbons (Fsp3) is 1.00. The summed E-state index contributed by atoms with van der Waals surface area (Å²) in [5.74, 6) is -1.75. The van der Waals surface area contributed by atoms with Crippen molar-refractivity contribution in [3.8, 4) is 0 Å². The smallest absolute Gasteiger partial charge is 0.248 e. The minimum Gasteiger partial charge on any atom is -0.378 e. The number of halogens is 3. The van der Waals surface area contributed by atoms with E-state index >= 15 is 0 Å². The standard InChI is InChI=1S/C10H16ClF2NO/c11-5-9-7-15-2-1-14(9)6-8-3-10(12,13)4-8/h8-9H,1-7H2. The highest BCUT2D eigenvalue weighted by atomic mass is 35.5. The number of alkyl halides is 3. The largest absolute Gasteiger partial charge is 0.378 e. The molecule has 0 bridgehead atoms. The van der Waals surface area contributed by atoms with Gasteiger partial charge >= 0.3 is 0 Å². The molecule has 5 heteroatoms. The Hall–Kier alpha value is 0.0700. The van der Waals surface area contributed by atoms with Crippen LogP contribution in [0.1, 0.15) is 12.8 Å². The van der Waals surface area contributed by atoms with Gasteiger partial charge in [-0.3, -0.25) is 4.90 Å². The Morgan fingerprint density at radius 1 is 1.40 bits per heavy atom. The zero-order valence-electron chi connectivity index (χ0n) is 8.59. The van der Waals surface area contributed by atoms with E-state index in [4.69, 9.17) is 16.3 Å². The first-order valence-electron chi connectivity index (χ1n) is 5.36. The van der Waals surface area contributed by atoms with Gasteiger partial charge in [0, 0.05) is 37.9 Å². The van der Waals surface area contributed by atoms with Crippen molar-refractivity contribution in [1.82, 2.24) is 4.90 Å². The molecule has 2 fully saturated rings. The van der Waals surface area contributed by atoms with Crippen molar-refractivity contribution in [1.29, 1.82) is 0 Å². The van der Waals surface area contributed by atoms with Crippen LogP contribution in [0.15, 0.2) is 0 Å². The summed E-state index contributed by atoms with van der Waals surface area (Å²) in [6.45, 7) is 2.89. The van der Waals surface area contributed by atoms with Gasteiger partial charge in [-0.15, -0.1) is 11.6 Å². The van der Waals surface area contributed by atoms with Gasteiger partial charge < -0.3 is 4.74 Å². The van der Waals surface area contributed by atoms with Crippen LogP contribution in [0, 0.1) is 5.92 Å². The summed E-state index contributed by atoms with van der Waals surface area (Å²) in [5, 5.41) is 0. The summed E-state index contributed by atoms with van der Waals surface area (Å²) in [4.78, 5) is 2.19. The lowest BCUT2D eigenvalue weighted by atomic mass is 9.81. The first-order valence-corrected chi connectivity index (χ1v) is 5.90. The number of nitrogens with zero attached hydrogens (tertiary/aromatic N) is 1. The van der Waals surface area contributed by atoms with Crippen molar-refractivity contribution in [2.24, 2.45) is 5.92 Å². The van der Waals surface area contributed by atoms with E-state index in [0.717, 1.165) is 13.1 Å². The number of ether oxygens (including phenoxy) is 1. The van der Waals surface area contributed by atoms with Crippen molar-refractivity contribution in [2.45, 2.75) is 24.8 Å². The van der Waals surface area contributed by atoms with Crippen molar-refractivity contribution < 1.29 is 13.5 Å². The Morgan fingerprint density at radius 3 is 2.73 bits per heavy atom. The monoisotopic (exact) mass is 239 g/mol. The predicted octanol–water partition coefficient (Wildman–Crippen LogP) is 1.97. The van der Waals surface area contributed by atoms with Gasteiger partial charge in [-0.25, -0.2) is 8.78 Å². The molecule has 0 aromatic rings. The molecule has 88 valence electrons. The van der Waals surface area contributed by atoms with Crippen molar-refractivity contribution >= 4 is 11.6 Å². The molecule has 0 N–H and O–H groups in total. The quantitative estimate of drug-likeness (QED) is 0.699. The molecule has 1 unspecified atom stereocenters. The molecule has 1 aliphatic carbocycles. The van der Waals surface area contributed by atoms with Crippen LogP contribution >= 0.6 is 11.6 Å². The lowest BCUT2D eigenvalue weighted by Crippen LogP contribution is -2.51. The predicted molar refractivity (Wildman–Crippen MR) is 54.6 cm³/mol. The molecule has 2 nitrogen and oxygen atoms in total. The lowest BCUT2D eigenvalue weighted by Gasteiger charge is -2.42. The first-order chi connectivity index (χ1) is 7.11. The minimum absolute atomic E-state index is 0.0410. The average molecular weight is 240 g/mol. The van der Waals surface area contributed by atoms with Crippen LogP contribution in [0.25, 0.3) is 0 Å². The highest BCUT2D eigenvalue weighted by molar-refractivity contribution is 6.18. The molecule has 1 aliphatic heterocycles. The second-order valence-electron chi connectivity index (χ2n) is 4.51. The van der Waals surface area contributed by atoms with Crippen LogP contribution in [0.3, 0.4) is 0 Å². The molecule has 0 aromatic heterocycles. The third kappa shape index (κ3) is 2.80. The van der Waals surface area contributed by atoms with E-state index in [2.05, 4.69) is 4.90 Å². The van der Waals surface area contributed by atoms with Crippen LogP contribution in [0.4, 0.5) is 8.78 Å². The zero-order chi connectivity index (χ0) is 10.9. The molecule has 1 heterocycles. The van der Waals surface area contributed by atoms with E-state index < -0.39 is 5.92 Å². The fourth-order valence-corrected chi connectivity index (χ4v) is 2.60. The van der Waals surface area contributed by atoms with Gasteiger partial charge in [0.15, 0.2) is 0 Å². The van der Waals surface area contributed by atoms with Gasteiger partial charge in [0.25, 0.3) is 0 Å². The highest BCUT2D eigenvalue weighted by Crippen LogP contribution is 2.42. The van der Waals surface area contributed by atoms with E-state index in [9.17, 15) is 8.78 Å². The average Bonchev–Trinajstić information content (AvgIpc) is 2.16. The van der Waals surface area contributed by atoms with E-state index in [1.807, 2.05) is 0 Å². The molecule has 1 saturated carbocycles. The van der Waals surface area contributed by atoms with Crippen molar-refractivity contribution in [3.05, 3.63) is 0 Å². The third-order valence-corrected chi connectivity index (χ3v) is 3.55. The highest BCUT2D eigenvalue weighted by Gasteiger charge is 2.46. The summed E-state index contributed by atoms with van der Waals surface area (Å²) < 4.78 is 30.6. The molecule has 1 saturated heterocycles. The fourth-order valence-electron chi connectivity index (χ4n) is 2.32. The summed E-state index contributed by atoms with van der Waals surface area (Å²) in [6.07, 6.45) is 0.0821. The molecule has 2 aliphatic rings. The van der Waals surface area contributed by atoms with Gasteiger partial charge in [0.05, 0.1) is 13.2 Å². The maximum absolute atomic E-state index is 12.7. The van der Waals surface area contributed by atoms with Crippen LogP contribution in [-0.2, 0) is 4.74 Å². The van der Waals surface area contributed by atoms with E-state index in [0.29, 0.717) is 19.1 Å². The molecule has 2 rings (SSSR count). The second kappa shape index (κ2) is 4.52. The zero-order valence-corrected chi connectivity index (χ0v) is 9.35. The van der Waals surface area contributed by atoms with E-state index in [-0.39, 0.29) is 24.8 Å². The molecule has 1 atom stereocenters. The van der Waals surface area contributed by atoms with Gasteiger partial charge in [-0.05, 0) is 5.92 Å². The summed E-state index contributed by atoms with van der Waals surface area (Å²) in [7, 11) is 0. The van der Waals surface area contributed by atoms with Crippen LogP contribution < -0.4 is 0 Å². The van der Waals surface area contributed by atoms with E-state index in [1.165, 1.54) is 0 Å². The number of hydrogen-bond donors (Lipinski definition) is 0.